The molecule has 1 aliphatic heterocycles. The molecule has 0 saturated carbocycles. The molecule has 168 valence electrons. The van der Waals surface area contributed by atoms with Crippen molar-refractivity contribution < 1.29 is 4.79 Å². The van der Waals surface area contributed by atoms with E-state index in [0.717, 1.165) is 16.8 Å². The van der Waals surface area contributed by atoms with Crippen molar-refractivity contribution >= 4 is 35.0 Å². The highest BCUT2D eigenvalue weighted by atomic mass is 35.5. The number of halogens is 1. The van der Waals surface area contributed by atoms with Gasteiger partial charge in [-0.15, -0.1) is 0 Å². The van der Waals surface area contributed by atoms with Crippen molar-refractivity contribution in [3.63, 3.8) is 0 Å². The molecule has 0 bridgehead atoms. The predicted molar refractivity (Wildman–Crippen MR) is 131 cm³/mol. The molecule has 1 atom stereocenters. The molecule has 0 saturated heterocycles. The molecule has 0 radical (unpaired) electrons. The summed E-state index contributed by atoms with van der Waals surface area (Å²) in [6, 6.07) is 11.3. The van der Waals surface area contributed by atoms with Gasteiger partial charge in [0.25, 0.3) is 5.56 Å². The maximum Gasteiger partial charge on any atom is 0.257 e. The van der Waals surface area contributed by atoms with Gasteiger partial charge in [0.2, 0.25) is 0 Å². The predicted octanol–water partition coefficient (Wildman–Crippen LogP) is 5.31. The number of pyridine rings is 1. The Labute approximate surface area is 200 Å². The first-order chi connectivity index (χ1) is 15.8. The number of aromatic amines is 1. The van der Waals surface area contributed by atoms with Gasteiger partial charge in [-0.05, 0) is 35.1 Å². The van der Waals surface area contributed by atoms with E-state index in [-0.39, 0.29) is 16.8 Å². The normalized spacial score (nSPS) is 19.0. The van der Waals surface area contributed by atoms with Crippen LogP contribution in [0.5, 0.6) is 0 Å². The molecule has 5 rings (SSSR count). The lowest BCUT2D eigenvalue weighted by molar-refractivity contribution is -0.118. The average Bonchev–Trinajstić information content (AvgIpc) is 2.77. The van der Waals surface area contributed by atoms with E-state index in [9.17, 15) is 9.59 Å². The number of thioether (sulfide) groups is 1. The second-order valence-electron chi connectivity index (χ2n) is 9.19. The van der Waals surface area contributed by atoms with Crippen LogP contribution in [0.2, 0.25) is 5.02 Å². The third kappa shape index (κ3) is 4.23. The van der Waals surface area contributed by atoms with Crippen molar-refractivity contribution in [3.8, 4) is 0 Å². The van der Waals surface area contributed by atoms with E-state index in [0.29, 0.717) is 45.7 Å². The first kappa shape index (κ1) is 21.9. The van der Waals surface area contributed by atoms with E-state index >= 15 is 0 Å². The number of carbonyl (C=O) groups excluding carboxylic acids is 1. The molecule has 1 aliphatic carbocycles. The zero-order chi connectivity index (χ0) is 23.2. The minimum Gasteiger partial charge on any atom is -0.343 e. The number of hydrogen-bond acceptors (Lipinski definition) is 6. The van der Waals surface area contributed by atoms with E-state index in [2.05, 4.69) is 29.1 Å². The van der Waals surface area contributed by atoms with Crippen molar-refractivity contribution in [3.05, 3.63) is 92.1 Å². The number of carbonyl (C=O) groups is 1. The largest absolute Gasteiger partial charge is 0.343 e. The summed E-state index contributed by atoms with van der Waals surface area (Å²) in [5, 5.41) is 4.52. The van der Waals surface area contributed by atoms with Crippen molar-refractivity contribution in [2.75, 3.05) is 5.32 Å². The molecular formula is C25H23ClN4O2S. The van der Waals surface area contributed by atoms with Crippen molar-refractivity contribution in [1.82, 2.24) is 15.0 Å². The molecule has 0 spiro atoms. The van der Waals surface area contributed by atoms with Gasteiger partial charge in [0.1, 0.15) is 5.82 Å². The van der Waals surface area contributed by atoms with Gasteiger partial charge in [-0.25, -0.2) is 4.98 Å². The number of anilines is 1. The molecule has 3 aromatic rings. The van der Waals surface area contributed by atoms with Crippen molar-refractivity contribution in [2.45, 2.75) is 43.5 Å². The number of ketones is 1. The van der Waals surface area contributed by atoms with Gasteiger partial charge in [-0.1, -0.05) is 61.5 Å². The van der Waals surface area contributed by atoms with Gasteiger partial charge in [0, 0.05) is 46.8 Å². The standard InChI is InChI=1S/C25H23ClN4O2S/c1-25(2)10-17-20(18(31)11-25)19(14-7-5-9-27-12-14)21-22(28-17)29-24(30-23(21)32)33-13-15-6-3-4-8-16(15)26/h3-9,12,19H,10-11,13H2,1-2H3,(H2,28,29,30,32)/t19-/m1/s1. The molecule has 0 unspecified atom stereocenters. The Hall–Kier alpha value is -2.90. The summed E-state index contributed by atoms with van der Waals surface area (Å²) in [7, 11) is 0. The monoisotopic (exact) mass is 478 g/mol. The second-order valence-corrected chi connectivity index (χ2v) is 10.6. The lowest BCUT2D eigenvalue weighted by Crippen LogP contribution is -2.37. The summed E-state index contributed by atoms with van der Waals surface area (Å²) in [5.41, 5.74) is 3.31. The van der Waals surface area contributed by atoms with Crippen LogP contribution in [0.4, 0.5) is 5.82 Å². The van der Waals surface area contributed by atoms with E-state index in [4.69, 9.17) is 16.6 Å². The van der Waals surface area contributed by atoms with Crippen LogP contribution in [0.1, 0.15) is 49.3 Å². The molecule has 0 fully saturated rings. The highest BCUT2D eigenvalue weighted by molar-refractivity contribution is 7.98. The SMILES string of the molecule is CC1(C)CC(=O)C2=C(C1)Nc1nc(SCc3ccccc3Cl)[nH]c(=O)c1[C@@H]2c1cccnc1. The summed E-state index contributed by atoms with van der Waals surface area (Å²) in [4.78, 5) is 38.5. The zero-order valence-corrected chi connectivity index (χ0v) is 19.9. The minimum absolute atomic E-state index is 0.0600. The summed E-state index contributed by atoms with van der Waals surface area (Å²) in [6.07, 6.45) is 4.55. The van der Waals surface area contributed by atoms with Crippen LogP contribution >= 0.6 is 23.4 Å². The third-order valence-electron chi connectivity index (χ3n) is 6.04. The fourth-order valence-electron chi connectivity index (χ4n) is 4.60. The maximum absolute atomic E-state index is 13.3. The number of fused-ring (bicyclic) bond motifs is 1. The summed E-state index contributed by atoms with van der Waals surface area (Å²) >= 11 is 7.69. The maximum atomic E-state index is 13.3. The van der Waals surface area contributed by atoms with Crippen LogP contribution in [0, 0.1) is 5.41 Å². The molecule has 2 aromatic heterocycles. The molecule has 1 aromatic carbocycles. The minimum atomic E-state index is -0.493. The van der Waals surface area contributed by atoms with Crippen molar-refractivity contribution in [1.29, 1.82) is 0 Å². The van der Waals surface area contributed by atoms with Crippen molar-refractivity contribution in [2.24, 2.45) is 5.41 Å². The quantitative estimate of drug-likeness (QED) is 0.390. The summed E-state index contributed by atoms with van der Waals surface area (Å²) in [5.74, 6) is 0.642. The van der Waals surface area contributed by atoms with E-state index in [1.165, 1.54) is 11.8 Å². The smallest absolute Gasteiger partial charge is 0.257 e. The third-order valence-corrected chi connectivity index (χ3v) is 7.33. The highest BCUT2D eigenvalue weighted by Gasteiger charge is 2.42. The number of H-pyrrole nitrogens is 1. The summed E-state index contributed by atoms with van der Waals surface area (Å²) in [6.45, 7) is 4.17. The molecule has 6 nitrogen and oxygen atoms in total. The molecule has 2 N–H and O–H groups in total. The number of Topliss-reactive ketones (excluding diaryl/α,β-unsaturated/α-hetero) is 1. The Morgan fingerprint density at radius 2 is 1.97 bits per heavy atom. The number of aromatic nitrogens is 3. The van der Waals surface area contributed by atoms with Gasteiger partial charge in [-0.3, -0.25) is 14.6 Å². The molecule has 8 heteroatoms. The van der Waals surface area contributed by atoms with E-state index in [1.54, 1.807) is 12.4 Å². The lowest BCUT2D eigenvalue weighted by Gasteiger charge is -2.38. The van der Waals surface area contributed by atoms with Crippen LogP contribution in [0.15, 0.2) is 70.0 Å². The van der Waals surface area contributed by atoms with Gasteiger partial charge >= 0.3 is 0 Å². The Balaban J connectivity index is 1.58. The van der Waals surface area contributed by atoms with Crippen LogP contribution in [0.25, 0.3) is 0 Å². The second kappa shape index (κ2) is 8.47. The van der Waals surface area contributed by atoms with Gasteiger partial charge < -0.3 is 10.3 Å². The Morgan fingerprint density at radius 1 is 1.15 bits per heavy atom. The van der Waals surface area contributed by atoms with Crippen LogP contribution in [0.3, 0.4) is 0 Å². The molecule has 2 aliphatic rings. The number of hydrogen-bond donors (Lipinski definition) is 2. The Kier molecular flexibility index (Phi) is 5.62. The lowest BCUT2D eigenvalue weighted by atomic mass is 9.69. The molecule has 3 heterocycles. The molecule has 0 amide bonds. The van der Waals surface area contributed by atoms with Gasteiger partial charge in [0.15, 0.2) is 10.9 Å². The number of rotatable bonds is 4. The molecule has 33 heavy (non-hydrogen) atoms. The van der Waals surface area contributed by atoms with Crippen LogP contribution < -0.4 is 10.9 Å². The van der Waals surface area contributed by atoms with Gasteiger partial charge in [-0.2, -0.15) is 0 Å². The van der Waals surface area contributed by atoms with Gasteiger partial charge in [0.05, 0.1) is 5.56 Å². The number of nitrogens with one attached hydrogen (secondary N) is 2. The van der Waals surface area contributed by atoms with Crippen LogP contribution in [-0.2, 0) is 10.5 Å². The topological polar surface area (TPSA) is 87.7 Å². The zero-order valence-electron chi connectivity index (χ0n) is 18.3. The van der Waals surface area contributed by atoms with E-state index < -0.39 is 5.92 Å². The Bertz CT molecular complexity index is 1330. The first-order valence-electron chi connectivity index (χ1n) is 10.8. The van der Waals surface area contributed by atoms with Crippen LogP contribution in [-0.4, -0.2) is 20.7 Å². The Morgan fingerprint density at radius 3 is 2.73 bits per heavy atom. The number of allylic oxidation sites excluding steroid dienone is 2. The first-order valence-corrected chi connectivity index (χ1v) is 12.1. The fraction of sp³-hybridized carbons (Fsp3) is 0.280. The highest BCUT2D eigenvalue weighted by Crippen LogP contribution is 2.47. The van der Waals surface area contributed by atoms with E-state index in [1.807, 2.05) is 36.4 Å². The summed E-state index contributed by atoms with van der Waals surface area (Å²) < 4.78 is 0. The number of benzene rings is 1. The average molecular weight is 479 g/mol. The fourth-order valence-corrected chi connectivity index (χ4v) is 5.75. The number of nitrogens with zero attached hydrogens (tertiary/aromatic N) is 2. The molecular weight excluding hydrogens is 456 g/mol.